The number of aliphatic carboxylic acids is 1. The molecule has 1 heterocycles. The molecule has 1 aromatic rings. The summed E-state index contributed by atoms with van der Waals surface area (Å²) >= 11 is 5.04. The van der Waals surface area contributed by atoms with Crippen LogP contribution in [0.3, 0.4) is 0 Å². The maximum absolute atomic E-state index is 11.1. The Kier molecular flexibility index (Phi) is 4.80. The highest BCUT2D eigenvalue weighted by molar-refractivity contribution is 9.10. The van der Waals surface area contributed by atoms with Crippen LogP contribution in [0, 0.1) is 11.8 Å². The number of hydrogen-bond acceptors (Lipinski definition) is 2. The highest BCUT2D eigenvalue weighted by Crippen LogP contribution is 2.27. The molecule has 0 fully saturated rings. The first-order valence-corrected chi connectivity index (χ1v) is 6.62. The van der Waals surface area contributed by atoms with Crippen molar-refractivity contribution in [2.75, 3.05) is 0 Å². The van der Waals surface area contributed by atoms with Gasteiger partial charge >= 0.3 is 5.97 Å². The molecule has 0 amide bonds. The van der Waals surface area contributed by atoms with Gasteiger partial charge in [-0.15, -0.1) is 11.3 Å². The zero-order valence-corrected chi connectivity index (χ0v) is 11.3. The van der Waals surface area contributed by atoms with Crippen LogP contribution in [0.2, 0.25) is 0 Å². The SMILES string of the molecule is CC(C)CC(Cc1sccc1Br)C(=O)O. The van der Waals surface area contributed by atoms with Crippen molar-refractivity contribution in [2.45, 2.75) is 26.7 Å². The summed E-state index contributed by atoms with van der Waals surface area (Å²) in [7, 11) is 0. The third kappa shape index (κ3) is 3.95. The minimum Gasteiger partial charge on any atom is -0.481 e. The smallest absolute Gasteiger partial charge is 0.306 e. The third-order valence-electron chi connectivity index (χ3n) is 2.23. The first-order valence-electron chi connectivity index (χ1n) is 4.95. The van der Waals surface area contributed by atoms with E-state index >= 15 is 0 Å². The molecule has 0 saturated heterocycles. The average Bonchev–Trinajstić information content (AvgIpc) is 2.50. The van der Waals surface area contributed by atoms with E-state index in [-0.39, 0.29) is 5.92 Å². The molecule has 1 aromatic heterocycles. The second kappa shape index (κ2) is 5.66. The van der Waals surface area contributed by atoms with Crippen LogP contribution in [-0.4, -0.2) is 11.1 Å². The first-order chi connectivity index (χ1) is 7.00. The van der Waals surface area contributed by atoms with Gasteiger partial charge in [0.25, 0.3) is 0 Å². The van der Waals surface area contributed by atoms with E-state index in [1.54, 1.807) is 11.3 Å². The van der Waals surface area contributed by atoms with Crippen molar-refractivity contribution in [2.24, 2.45) is 11.8 Å². The summed E-state index contributed by atoms with van der Waals surface area (Å²) < 4.78 is 1.03. The van der Waals surface area contributed by atoms with Gasteiger partial charge in [0.1, 0.15) is 0 Å². The van der Waals surface area contributed by atoms with Gasteiger partial charge in [-0.2, -0.15) is 0 Å². The maximum Gasteiger partial charge on any atom is 0.306 e. The molecule has 0 aliphatic heterocycles. The molecule has 0 spiro atoms. The Morgan fingerprint density at radius 1 is 1.60 bits per heavy atom. The fourth-order valence-electron chi connectivity index (χ4n) is 1.54. The lowest BCUT2D eigenvalue weighted by Crippen LogP contribution is -2.18. The molecule has 1 rings (SSSR count). The van der Waals surface area contributed by atoms with Gasteiger partial charge in [0, 0.05) is 9.35 Å². The van der Waals surface area contributed by atoms with Gasteiger partial charge < -0.3 is 5.11 Å². The Bertz CT molecular complexity index is 333. The summed E-state index contributed by atoms with van der Waals surface area (Å²) in [4.78, 5) is 12.2. The molecule has 0 aliphatic carbocycles. The number of carboxylic acid groups (broad SMARTS) is 1. The summed E-state index contributed by atoms with van der Waals surface area (Å²) in [5, 5.41) is 11.1. The number of rotatable bonds is 5. The van der Waals surface area contributed by atoms with Gasteiger partial charge in [0.15, 0.2) is 0 Å². The second-order valence-corrected chi connectivity index (χ2v) is 5.92. The summed E-state index contributed by atoms with van der Waals surface area (Å²) in [6, 6.07) is 1.97. The van der Waals surface area contributed by atoms with Gasteiger partial charge in [-0.3, -0.25) is 4.79 Å². The van der Waals surface area contributed by atoms with Crippen LogP contribution in [0.25, 0.3) is 0 Å². The average molecular weight is 291 g/mol. The van der Waals surface area contributed by atoms with Gasteiger partial charge in [0.05, 0.1) is 5.92 Å². The maximum atomic E-state index is 11.1. The van der Waals surface area contributed by atoms with E-state index < -0.39 is 5.97 Å². The molecular formula is C11H15BrO2S. The Morgan fingerprint density at radius 3 is 2.67 bits per heavy atom. The first kappa shape index (κ1) is 12.7. The predicted octanol–water partition coefficient (Wildman–Crippen LogP) is 3.80. The van der Waals surface area contributed by atoms with Crippen LogP contribution in [-0.2, 0) is 11.2 Å². The zero-order valence-electron chi connectivity index (χ0n) is 8.87. The third-order valence-corrected chi connectivity index (χ3v) is 4.18. The van der Waals surface area contributed by atoms with E-state index in [0.29, 0.717) is 12.3 Å². The van der Waals surface area contributed by atoms with Gasteiger partial charge in [-0.25, -0.2) is 0 Å². The summed E-state index contributed by atoms with van der Waals surface area (Å²) in [5.74, 6) is -0.534. The van der Waals surface area contributed by atoms with Crippen LogP contribution < -0.4 is 0 Å². The van der Waals surface area contributed by atoms with Crippen LogP contribution in [0.15, 0.2) is 15.9 Å². The number of halogens is 1. The van der Waals surface area contributed by atoms with Gasteiger partial charge in [-0.05, 0) is 46.1 Å². The fraction of sp³-hybridized carbons (Fsp3) is 0.545. The van der Waals surface area contributed by atoms with E-state index in [4.69, 9.17) is 5.11 Å². The van der Waals surface area contributed by atoms with Crippen molar-refractivity contribution in [3.63, 3.8) is 0 Å². The van der Waals surface area contributed by atoms with E-state index in [9.17, 15) is 4.79 Å². The lowest BCUT2D eigenvalue weighted by molar-refractivity contribution is -0.142. The molecule has 4 heteroatoms. The molecule has 0 radical (unpaired) electrons. The van der Waals surface area contributed by atoms with E-state index in [1.807, 2.05) is 11.4 Å². The molecule has 2 nitrogen and oxygen atoms in total. The molecule has 1 atom stereocenters. The fourth-order valence-corrected chi connectivity index (χ4v) is 3.13. The summed E-state index contributed by atoms with van der Waals surface area (Å²) in [5.41, 5.74) is 0. The molecule has 0 aliphatic rings. The van der Waals surface area contributed by atoms with Crippen molar-refractivity contribution in [1.29, 1.82) is 0 Å². The molecule has 0 aromatic carbocycles. The highest BCUT2D eigenvalue weighted by atomic mass is 79.9. The summed E-state index contributed by atoms with van der Waals surface area (Å²) in [6.07, 6.45) is 1.37. The minimum atomic E-state index is -0.691. The lowest BCUT2D eigenvalue weighted by Gasteiger charge is -2.13. The van der Waals surface area contributed by atoms with Crippen molar-refractivity contribution < 1.29 is 9.90 Å². The van der Waals surface area contributed by atoms with Gasteiger partial charge in [0.2, 0.25) is 0 Å². The Morgan fingerprint density at radius 2 is 2.27 bits per heavy atom. The Hall–Kier alpha value is -0.350. The second-order valence-electron chi connectivity index (χ2n) is 4.06. The molecule has 0 saturated carbocycles. The van der Waals surface area contributed by atoms with E-state index in [2.05, 4.69) is 29.8 Å². The molecule has 1 N–H and O–H groups in total. The van der Waals surface area contributed by atoms with Gasteiger partial charge in [-0.1, -0.05) is 13.8 Å². The number of carbonyl (C=O) groups is 1. The van der Waals surface area contributed by atoms with E-state index in [1.165, 1.54) is 0 Å². The zero-order chi connectivity index (χ0) is 11.4. The molecular weight excluding hydrogens is 276 g/mol. The van der Waals surface area contributed by atoms with Crippen LogP contribution >= 0.6 is 27.3 Å². The van der Waals surface area contributed by atoms with Crippen molar-refractivity contribution in [3.05, 3.63) is 20.8 Å². The highest BCUT2D eigenvalue weighted by Gasteiger charge is 2.20. The van der Waals surface area contributed by atoms with Crippen LogP contribution in [0.1, 0.15) is 25.1 Å². The number of carboxylic acids is 1. The van der Waals surface area contributed by atoms with Crippen molar-refractivity contribution in [3.8, 4) is 0 Å². The van der Waals surface area contributed by atoms with Crippen molar-refractivity contribution in [1.82, 2.24) is 0 Å². The van der Waals surface area contributed by atoms with Crippen LogP contribution in [0.4, 0.5) is 0 Å². The minimum absolute atomic E-state index is 0.264. The summed E-state index contributed by atoms with van der Waals surface area (Å²) in [6.45, 7) is 4.11. The molecule has 0 bridgehead atoms. The van der Waals surface area contributed by atoms with Crippen LogP contribution in [0.5, 0.6) is 0 Å². The van der Waals surface area contributed by atoms with E-state index in [0.717, 1.165) is 15.8 Å². The molecule has 84 valence electrons. The quantitative estimate of drug-likeness (QED) is 0.896. The topological polar surface area (TPSA) is 37.3 Å². The Labute approximate surface area is 102 Å². The number of hydrogen-bond donors (Lipinski definition) is 1. The lowest BCUT2D eigenvalue weighted by atomic mass is 9.94. The predicted molar refractivity (Wildman–Crippen MR) is 66.3 cm³/mol. The standard InChI is InChI=1S/C11H15BrO2S/c1-7(2)5-8(11(13)14)6-10-9(12)3-4-15-10/h3-4,7-8H,5-6H2,1-2H3,(H,13,14). The number of thiophene rings is 1. The normalized spacial score (nSPS) is 13.1. The monoisotopic (exact) mass is 290 g/mol. The largest absolute Gasteiger partial charge is 0.481 e. The molecule has 15 heavy (non-hydrogen) atoms. The van der Waals surface area contributed by atoms with Crippen molar-refractivity contribution >= 4 is 33.2 Å². The molecule has 1 unspecified atom stereocenters. The Balaban J connectivity index is 2.67.